The second-order valence-electron chi connectivity index (χ2n) is 3.32. The molecule has 0 saturated heterocycles. The molecule has 3 nitrogen and oxygen atoms in total. The summed E-state index contributed by atoms with van der Waals surface area (Å²) in [5.41, 5.74) is 2.69. The minimum atomic E-state index is -0.859. The van der Waals surface area contributed by atoms with E-state index in [1.807, 2.05) is 6.07 Å². The van der Waals surface area contributed by atoms with Gasteiger partial charge in [0.1, 0.15) is 0 Å². The van der Waals surface area contributed by atoms with E-state index in [4.69, 9.17) is 5.11 Å². The third kappa shape index (κ3) is 1.74. The van der Waals surface area contributed by atoms with Gasteiger partial charge in [0.25, 0.3) is 0 Å². The van der Waals surface area contributed by atoms with Gasteiger partial charge in [0.2, 0.25) is 0 Å². The van der Waals surface area contributed by atoms with Crippen LogP contribution in [0.25, 0.3) is 0 Å². The lowest BCUT2D eigenvalue weighted by Crippen LogP contribution is -2.06. The van der Waals surface area contributed by atoms with Crippen molar-refractivity contribution in [3.05, 3.63) is 34.9 Å². The molecule has 1 unspecified atom stereocenters. The minimum Gasteiger partial charge on any atom is -0.478 e. The molecule has 2 N–H and O–H groups in total. The predicted molar refractivity (Wildman–Crippen MR) is 55.9 cm³/mol. The average Bonchev–Trinajstić information content (AvgIpc) is 2.47. The van der Waals surface area contributed by atoms with Crippen molar-refractivity contribution < 1.29 is 9.90 Å². The molecule has 1 atom stereocenters. The first-order chi connectivity index (χ1) is 6.18. The molecule has 0 bridgehead atoms. The quantitative estimate of drug-likeness (QED) is 0.750. The molecule has 0 radical (unpaired) electrons. The monoisotopic (exact) mass is 213 g/mol. The number of aromatic carboxylic acids is 1. The van der Waals surface area contributed by atoms with Crippen molar-refractivity contribution >= 4 is 18.4 Å². The molecule has 2 rings (SSSR count). The average molecular weight is 214 g/mol. The molecule has 1 aliphatic rings. The summed E-state index contributed by atoms with van der Waals surface area (Å²) in [5, 5.41) is 12.0. The number of nitrogens with one attached hydrogen (secondary N) is 1. The Balaban J connectivity index is 0.000000980. The lowest BCUT2D eigenvalue weighted by atomic mass is 10.0. The van der Waals surface area contributed by atoms with Gasteiger partial charge < -0.3 is 10.4 Å². The van der Waals surface area contributed by atoms with Gasteiger partial charge in [0, 0.05) is 12.6 Å². The molecule has 76 valence electrons. The number of hydrogen-bond donors (Lipinski definition) is 2. The largest absolute Gasteiger partial charge is 0.478 e. The maximum absolute atomic E-state index is 10.7. The Morgan fingerprint density at radius 3 is 2.93 bits per heavy atom. The number of carbonyl (C=O) groups is 1. The van der Waals surface area contributed by atoms with Gasteiger partial charge >= 0.3 is 5.97 Å². The van der Waals surface area contributed by atoms with Crippen molar-refractivity contribution in [1.82, 2.24) is 5.32 Å². The molecule has 1 aromatic carbocycles. The van der Waals surface area contributed by atoms with E-state index in [1.54, 1.807) is 12.1 Å². The molecule has 0 aliphatic carbocycles. The Bertz CT molecular complexity index is 365. The van der Waals surface area contributed by atoms with Gasteiger partial charge in [-0.25, -0.2) is 4.79 Å². The first-order valence-electron chi connectivity index (χ1n) is 4.28. The topological polar surface area (TPSA) is 49.3 Å². The predicted octanol–water partition coefficient (Wildman–Crippen LogP) is 1.97. The molecule has 0 saturated carbocycles. The number of carboxylic acids is 1. The van der Waals surface area contributed by atoms with Gasteiger partial charge in [0.05, 0.1) is 5.56 Å². The lowest BCUT2D eigenvalue weighted by molar-refractivity contribution is 0.0697. The molecular formula is C10H12ClNO2. The summed E-state index contributed by atoms with van der Waals surface area (Å²) in [7, 11) is 0. The molecule has 4 heteroatoms. The van der Waals surface area contributed by atoms with Crippen LogP contribution in [-0.2, 0) is 6.54 Å². The molecule has 14 heavy (non-hydrogen) atoms. The Hall–Kier alpha value is -1.06. The Morgan fingerprint density at radius 2 is 2.29 bits per heavy atom. The second kappa shape index (κ2) is 3.98. The SMILES string of the molecule is CC1NCc2cc(C(=O)O)ccc21.Cl. The van der Waals surface area contributed by atoms with Crippen molar-refractivity contribution in [2.75, 3.05) is 0 Å². The standard InChI is InChI=1S/C10H11NO2.ClH/c1-6-9-3-2-7(10(12)13)4-8(9)5-11-6;/h2-4,6,11H,5H2,1H3,(H,12,13);1H. The molecular weight excluding hydrogens is 202 g/mol. The number of rotatable bonds is 1. The van der Waals surface area contributed by atoms with Crippen molar-refractivity contribution in [2.24, 2.45) is 0 Å². The fraction of sp³-hybridized carbons (Fsp3) is 0.300. The maximum atomic E-state index is 10.7. The summed E-state index contributed by atoms with van der Waals surface area (Å²) in [6.45, 7) is 2.85. The Labute approximate surface area is 88.5 Å². The van der Waals surface area contributed by atoms with Crippen molar-refractivity contribution in [3.63, 3.8) is 0 Å². The van der Waals surface area contributed by atoms with Crippen LogP contribution in [0, 0.1) is 0 Å². The van der Waals surface area contributed by atoms with Crippen molar-refractivity contribution in [3.8, 4) is 0 Å². The van der Waals surface area contributed by atoms with Gasteiger partial charge in [-0.3, -0.25) is 0 Å². The van der Waals surface area contributed by atoms with E-state index in [1.165, 1.54) is 5.56 Å². The minimum absolute atomic E-state index is 0. The van der Waals surface area contributed by atoms with Crippen LogP contribution >= 0.6 is 12.4 Å². The normalized spacial score (nSPS) is 18.5. The Kier molecular flexibility index (Phi) is 3.13. The molecule has 1 heterocycles. The van der Waals surface area contributed by atoms with Gasteiger partial charge in [-0.15, -0.1) is 12.4 Å². The summed E-state index contributed by atoms with van der Waals surface area (Å²) < 4.78 is 0. The van der Waals surface area contributed by atoms with Crippen LogP contribution in [-0.4, -0.2) is 11.1 Å². The lowest BCUT2D eigenvalue weighted by Gasteiger charge is -2.03. The van der Waals surface area contributed by atoms with Crippen LogP contribution in [0.2, 0.25) is 0 Å². The summed E-state index contributed by atoms with van der Waals surface area (Å²) in [6, 6.07) is 5.64. The first-order valence-corrected chi connectivity index (χ1v) is 4.28. The van der Waals surface area contributed by atoms with E-state index in [-0.39, 0.29) is 12.4 Å². The third-order valence-corrected chi connectivity index (χ3v) is 2.46. The number of fused-ring (bicyclic) bond motifs is 1. The summed E-state index contributed by atoms with van der Waals surface area (Å²) in [5.74, 6) is -0.859. The fourth-order valence-electron chi connectivity index (χ4n) is 1.69. The zero-order valence-electron chi connectivity index (χ0n) is 7.78. The van der Waals surface area contributed by atoms with Crippen LogP contribution in [0.4, 0.5) is 0 Å². The van der Waals surface area contributed by atoms with Crippen molar-refractivity contribution in [2.45, 2.75) is 19.5 Å². The number of carboxylic acid groups (broad SMARTS) is 1. The van der Waals surface area contributed by atoms with Crippen LogP contribution in [0.1, 0.15) is 34.5 Å². The molecule has 1 aliphatic heterocycles. The van der Waals surface area contributed by atoms with E-state index in [0.29, 0.717) is 11.6 Å². The van der Waals surface area contributed by atoms with Gasteiger partial charge in [-0.05, 0) is 30.2 Å². The maximum Gasteiger partial charge on any atom is 0.335 e. The Morgan fingerprint density at radius 1 is 1.57 bits per heavy atom. The molecule has 0 fully saturated rings. The molecule has 0 aromatic heterocycles. The summed E-state index contributed by atoms with van der Waals surface area (Å²) >= 11 is 0. The van der Waals surface area contributed by atoms with Crippen LogP contribution in [0.5, 0.6) is 0 Å². The van der Waals surface area contributed by atoms with E-state index in [9.17, 15) is 4.79 Å². The van der Waals surface area contributed by atoms with Crippen LogP contribution in [0.3, 0.4) is 0 Å². The summed E-state index contributed by atoms with van der Waals surface area (Å²) in [4.78, 5) is 10.7. The number of hydrogen-bond acceptors (Lipinski definition) is 2. The number of benzene rings is 1. The van der Waals surface area contributed by atoms with Gasteiger partial charge in [-0.1, -0.05) is 6.07 Å². The van der Waals surface area contributed by atoms with Crippen LogP contribution < -0.4 is 5.32 Å². The van der Waals surface area contributed by atoms with Crippen molar-refractivity contribution in [1.29, 1.82) is 0 Å². The second-order valence-corrected chi connectivity index (χ2v) is 3.32. The van der Waals surface area contributed by atoms with E-state index in [0.717, 1.165) is 12.1 Å². The molecule has 0 amide bonds. The highest BCUT2D eigenvalue weighted by Gasteiger charge is 2.18. The highest BCUT2D eigenvalue weighted by molar-refractivity contribution is 5.88. The van der Waals surface area contributed by atoms with Gasteiger partial charge in [0.15, 0.2) is 0 Å². The smallest absolute Gasteiger partial charge is 0.335 e. The van der Waals surface area contributed by atoms with E-state index < -0.39 is 5.97 Å². The van der Waals surface area contributed by atoms with E-state index >= 15 is 0 Å². The number of halogens is 1. The molecule has 0 spiro atoms. The van der Waals surface area contributed by atoms with Crippen LogP contribution in [0.15, 0.2) is 18.2 Å². The zero-order chi connectivity index (χ0) is 9.42. The first kappa shape index (κ1) is 11.0. The highest BCUT2D eigenvalue weighted by Crippen LogP contribution is 2.25. The fourth-order valence-corrected chi connectivity index (χ4v) is 1.69. The third-order valence-electron chi connectivity index (χ3n) is 2.46. The highest BCUT2D eigenvalue weighted by atomic mass is 35.5. The summed E-state index contributed by atoms with van der Waals surface area (Å²) in [6.07, 6.45) is 0. The zero-order valence-corrected chi connectivity index (χ0v) is 8.60. The van der Waals surface area contributed by atoms with E-state index in [2.05, 4.69) is 12.2 Å². The molecule has 1 aromatic rings. The van der Waals surface area contributed by atoms with Gasteiger partial charge in [-0.2, -0.15) is 0 Å².